The molecule has 1 aromatic carbocycles. The number of hydrogen-bond acceptors (Lipinski definition) is 2. The van der Waals surface area contributed by atoms with Crippen molar-refractivity contribution in [1.29, 1.82) is 0 Å². The molecule has 1 atom stereocenters. The fourth-order valence-corrected chi connectivity index (χ4v) is 2.52. The van der Waals surface area contributed by atoms with E-state index in [-0.39, 0.29) is 0 Å². The van der Waals surface area contributed by atoms with E-state index in [1.54, 1.807) is 0 Å². The molecule has 0 fully saturated rings. The Morgan fingerprint density at radius 2 is 1.58 bits per heavy atom. The third-order valence-corrected chi connectivity index (χ3v) is 3.45. The largest absolute Gasteiger partial charge is 0.309 e. The monoisotopic (exact) mass is 262 g/mol. The lowest BCUT2D eigenvalue weighted by molar-refractivity contribution is 0.244. The summed E-state index contributed by atoms with van der Waals surface area (Å²) in [6, 6.07) is 9.40. The summed E-state index contributed by atoms with van der Waals surface area (Å²) in [5, 5.41) is 3.62. The van der Waals surface area contributed by atoms with E-state index < -0.39 is 0 Å². The highest BCUT2D eigenvalue weighted by Gasteiger charge is 2.14. The van der Waals surface area contributed by atoms with Crippen molar-refractivity contribution in [3.8, 4) is 0 Å². The zero-order chi connectivity index (χ0) is 14.1. The standard InChI is InChI=1S/C17H30N2/c1-5-12-19(13-6-2)14-17(18-7-3)16-10-8-15(4)9-11-16/h8-11,17-18H,5-7,12-14H2,1-4H3. The highest BCUT2D eigenvalue weighted by atomic mass is 15.1. The fraction of sp³-hybridized carbons (Fsp3) is 0.647. The van der Waals surface area contributed by atoms with Gasteiger partial charge in [0.25, 0.3) is 0 Å². The summed E-state index contributed by atoms with van der Waals surface area (Å²) in [6.45, 7) is 13.4. The summed E-state index contributed by atoms with van der Waals surface area (Å²) in [4.78, 5) is 2.58. The molecule has 0 radical (unpaired) electrons. The van der Waals surface area contributed by atoms with Gasteiger partial charge in [0.1, 0.15) is 0 Å². The maximum Gasteiger partial charge on any atom is 0.0449 e. The van der Waals surface area contributed by atoms with E-state index in [0.29, 0.717) is 6.04 Å². The minimum Gasteiger partial charge on any atom is -0.309 e. The van der Waals surface area contributed by atoms with Crippen molar-refractivity contribution in [2.75, 3.05) is 26.2 Å². The Hall–Kier alpha value is -0.860. The van der Waals surface area contributed by atoms with Gasteiger partial charge in [-0.05, 0) is 45.0 Å². The van der Waals surface area contributed by atoms with Crippen molar-refractivity contribution in [3.63, 3.8) is 0 Å². The van der Waals surface area contributed by atoms with Crippen LogP contribution in [0.2, 0.25) is 0 Å². The Bertz CT molecular complexity index is 326. The van der Waals surface area contributed by atoms with Crippen LogP contribution >= 0.6 is 0 Å². The average molecular weight is 262 g/mol. The molecular formula is C17H30N2. The third kappa shape index (κ3) is 5.75. The maximum absolute atomic E-state index is 3.62. The van der Waals surface area contributed by atoms with Crippen molar-refractivity contribution in [2.45, 2.75) is 46.6 Å². The van der Waals surface area contributed by atoms with Gasteiger partial charge in [0.15, 0.2) is 0 Å². The zero-order valence-electron chi connectivity index (χ0n) is 13.1. The number of nitrogens with zero attached hydrogens (tertiary/aromatic N) is 1. The molecule has 1 N–H and O–H groups in total. The summed E-state index contributed by atoms with van der Waals surface area (Å²) >= 11 is 0. The van der Waals surface area contributed by atoms with Gasteiger partial charge < -0.3 is 10.2 Å². The van der Waals surface area contributed by atoms with Gasteiger partial charge in [0.2, 0.25) is 0 Å². The second kappa shape index (κ2) is 9.11. The van der Waals surface area contributed by atoms with Crippen LogP contribution in [0.1, 0.15) is 50.8 Å². The normalized spacial score (nSPS) is 12.9. The highest BCUT2D eigenvalue weighted by Crippen LogP contribution is 2.16. The molecule has 2 nitrogen and oxygen atoms in total. The maximum atomic E-state index is 3.62. The van der Waals surface area contributed by atoms with E-state index in [4.69, 9.17) is 0 Å². The van der Waals surface area contributed by atoms with Gasteiger partial charge in [0.05, 0.1) is 0 Å². The summed E-state index contributed by atoms with van der Waals surface area (Å²) in [7, 11) is 0. The van der Waals surface area contributed by atoms with Crippen LogP contribution in [0, 0.1) is 6.92 Å². The lowest BCUT2D eigenvalue weighted by Crippen LogP contribution is -2.36. The van der Waals surface area contributed by atoms with Gasteiger partial charge in [-0.1, -0.05) is 50.6 Å². The summed E-state index contributed by atoms with van der Waals surface area (Å²) < 4.78 is 0. The smallest absolute Gasteiger partial charge is 0.0449 e. The van der Waals surface area contributed by atoms with Crippen molar-refractivity contribution < 1.29 is 0 Å². The molecule has 0 aliphatic carbocycles. The van der Waals surface area contributed by atoms with Crippen molar-refractivity contribution in [1.82, 2.24) is 10.2 Å². The molecule has 19 heavy (non-hydrogen) atoms. The number of nitrogens with one attached hydrogen (secondary N) is 1. The first kappa shape index (κ1) is 16.2. The van der Waals surface area contributed by atoms with Crippen LogP contribution in [0.15, 0.2) is 24.3 Å². The molecule has 1 rings (SSSR count). The highest BCUT2D eigenvalue weighted by molar-refractivity contribution is 5.24. The predicted octanol–water partition coefficient (Wildman–Crippen LogP) is 3.77. The molecule has 108 valence electrons. The van der Waals surface area contributed by atoms with Crippen molar-refractivity contribution in [2.24, 2.45) is 0 Å². The van der Waals surface area contributed by atoms with E-state index in [2.05, 4.69) is 62.2 Å². The minimum atomic E-state index is 0.448. The molecule has 0 saturated heterocycles. The lowest BCUT2D eigenvalue weighted by atomic mass is 10.0. The second-order valence-electron chi connectivity index (χ2n) is 5.32. The molecule has 0 spiro atoms. The van der Waals surface area contributed by atoms with Gasteiger partial charge in [-0.2, -0.15) is 0 Å². The van der Waals surface area contributed by atoms with Crippen LogP contribution in [0.3, 0.4) is 0 Å². The van der Waals surface area contributed by atoms with Crippen LogP contribution in [0.25, 0.3) is 0 Å². The van der Waals surface area contributed by atoms with E-state index in [0.717, 1.165) is 13.1 Å². The molecule has 0 saturated carbocycles. The van der Waals surface area contributed by atoms with Crippen molar-refractivity contribution >= 4 is 0 Å². The van der Waals surface area contributed by atoms with Crippen LogP contribution in [0.5, 0.6) is 0 Å². The Labute approximate surface area is 119 Å². The second-order valence-corrected chi connectivity index (χ2v) is 5.32. The van der Waals surface area contributed by atoms with E-state index in [1.165, 1.54) is 37.1 Å². The van der Waals surface area contributed by atoms with Crippen molar-refractivity contribution in [3.05, 3.63) is 35.4 Å². The fourth-order valence-electron chi connectivity index (χ4n) is 2.52. The molecule has 1 aromatic rings. The summed E-state index contributed by atoms with van der Waals surface area (Å²) in [5.41, 5.74) is 2.74. The SMILES string of the molecule is CCCN(CCC)CC(NCC)c1ccc(C)cc1. The number of aryl methyl sites for hydroxylation is 1. The number of likely N-dealkylation sites (N-methyl/N-ethyl adjacent to an activating group) is 1. The zero-order valence-corrected chi connectivity index (χ0v) is 13.1. The molecule has 1 unspecified atom stereocenters. The van der Waals surface area contributed by atoms with Gasteiger partial charge in [-0.15, -0.1) is 0 Å². The Kier molecular flexibility index (Phi) is 7.76. The number of hydrogen-bond donors (Lipinski definition) is 1. The van der Waals surface area contributed by atoms with Gasteiger partial charge in [-0.25, -0.2) is 0 Å². The predicted molar refractivity (Wildman–Crippen MR) is 84.6 cm³/mol. The van der Waals surface area contributed by atoms with E-state index in [9.17, 15) is 0 Å². The number of rotatable bonds is 9. The van der Waals surface area contributed by atoms with Gasteiger partial charge in [0, 0.05) is 12.6 Å². The molecule has 0 bridgehead atoms. The minimum absolute atomic E-state index is 0.448. The Morgan fingerprint density at radius 1 is 1.00 bits per heavy atom. The van der Waals surface area contributed by atoms with Crippen LogP contribution < -0.4 is 5.32 Å². The number of benzene rings is 1. The summed E-state index contributed by atoms with van der Waals surface area (Å²) in [6.07, 6.45) is 2.46. The van der Waals surface area contributed by atoms with Crippen LogP contribution in [-0.2, 0) is 0 Å². The Balaban J connectivity index is 2.72. The molecule has 0 amide bonds. The summed E-state index contributed by atoms with van der Waals surface area (Å²) in [5.74, 6) is 0. The van der Waals surface area contributed by atoms with Crippen LogP contribution in [-0.4, -0.2) is 31.1 Å². The topological polar surface area (TPSA) is 15.3 Å². The van der Waals surface area contributed by atoms with Gasteiger partial charge in [-0.3, -0.25) is 0 Å². The lowest BCUT2D eigenvalue weighted by Gasteiger charge is -2.28. The quantitative estimate of drug-likeness (QED) is 0.729. The Morgan fingerprint density at radius 3 is 2.05 bits per heavy atom. The first-order chi connectivity index (χ1) is 9.21. The average Bonchev–Trinajstić information content (AvgIpc) is 2.40. The molecular weight excluding hydrogens is 232 g/mol. The molecule has 0 aliphatic rings. The van der Waals surface area contributed by atoms with Gasteiger partial charge >= 0.3 is 0 Å². The van der Waals surface area contributed by atoms with E-state index in [1.807, 2.05) is 0 Å². The molecule has 0 heterocycles. The first-order valence-electron chi connectivity index (χ1n) is 7.73. The molecule has 2 heteroatoms. The van der Waals surface area contributed by atoms with E-state index >= 15 is 0 Å². The molecule has 0 aromatic heterocycles. The molecule has 0 aliphatic heterocycles. The first-order valence-corrected chi connectivity index (χ1v) is 7.73. The third-order valence-electron chi connectivity index (χ3n) is 3.45. The van der Waals surface area contributed by atoms with Crippen LogP contribution in [0.4, 0.5) is 0 Å².